The van der Waals surface area contributed by atoms with Gasteiger partial charge in [-0.15, -0.1) is 0 Å². The quantitative estimate of drug-likeness (QED) is 0.569. The minimum Gasteiger partial charge on any atom is -0.340 e. The van der Waals surface area contributed by atoms with Gasteiger partial charge in [0.25, 0.3) is 0 Å². The van der Waals surface area contributed by atoms with Crippen LogP contribution in [0.4, 0.5) is 0 Å². The molecule has 2 aliphatic rings. The topological polar surface area (TPSA) is 36.4 Å². The molecule has 1 atom stereocenters. The molecule has 1 amide bonds. The molecule has 1 aromatic heterocycles. The van der Waals surface area contributed by atoms with Crippen LogP contribution in [0.2, 0.25) is 5.02 Å². The van der Waals surface area contributed by atoms with Crippen LogP contribution in [0.3, 0.4) is 0 Å². The first-order valence-electron chi connectivity index (χ1n) is 10.5. The number of carbonyl (C=O) groups excluding carboxylic acids is 1. The highest BCUT2D eigenvalue weighted by Crippen LogP contribution is 2.38. The molecular formula is C23H27BrClN3O. The molecule has 4 nitrogen and oxygen atoms in total. The fourth-order valence-electron chi connectivity index (χ4n) is 4.52. The molecule has 29 heavy (non-hydrogen) atoms. The molecule has 1 aromatic carbocycles. The second kappa shape index (κ2) is 9.15. The number of hydrogen-bond donors (Lipinski definition) is 0. The van der Waals surface area contributed by atoms with E-state index in [1.54, 1.807) is 0 Å². The number of aromatic nitrogens is 1. The fourth-order valence-corrected chi connectivity index (χ4v) is 5.09. The Morgan fingerprint density at radius 1 is 1.17 bits per heavy atom. The van der Waals surface area contributed by atoms with Gasteiger partial charge in [-0.2, -0.15) is 0 Å². The maximum atomic E-state index is 12.9. The van der Waals surface area contributed by atoms with Crippen molar-refractivity contribution in [2.24, 2.45) is 0 Å². The van der Waals surface area contributed by atoms with E-state index in [4.69, 9.17) is 16.6 Å². The summed E-state index contributed by atoms with van der Waals surface area (Å²) in [5, 5.41) is 0.763. The largest absolute Gasteiger partial charge is 0.340 e. The number of fused-ring (bicyclic) bond motifs is 2. The molecule has 154 valence electrons. The maximum Gasteiger partial charge on any atom is 0.236 e. The van der Waals surface area contributed by atoms with Crippen molar-refractivity contribution in [3.8, 4) is 0 Å². The Kier molecular flexibility index (Phi) is 6.57. The Hall–Kier alpha value is -1.43. The van der Waals surface area contributed by atoms with Gasteiger partial charge in [-0.1, -0.05) is 37.4 Å². The number of carbonyl (C=O) groups is 1. The Bertz CT molecular complexity index is 850. The Morgan fingerprint density at radius 3 is 2.79 bits per heavy atom. The molecule has 4 rings (SSSR count). The number of unbranched alkanes of at least 4 members (excludes halogenated alkanes) is 2. The van der Waals surface area contributed by atoms with Crippen molar-refractivity contribution in [1.82, 2.24) is 14.8 Å². The van der Waals surface area contributed by atoms with Gasteiger partial charge in [0.05, 0.1) is 18.3 Å². The van der Waals surface area contributed by atoms with Crippen LogP contribution in [0.5, 0.6) is 0 Å². The van der Waals surface area contributed by atoms with Crippen LogP contribution in [0.1, 0.15) is 54.6 Å². The Morgan fingerprint density at radius 2 is 2.00 bits per heavy atom. The van der Waals surface area contributed by atoms with Gasteiger partial charge in [-0.3, -0.25) is 14.7 Å². The highest BCUT2D eigenvalue weighted by Gasteiger charge is 2.34. The van der Waals surface area contributed by atoms with E-state index >= 15 is 0 Å². The molecule has 0 radical (unpaired) electrons. The van der Waals surface area contributed by atoms with Crippen LogP contribution in [-0.4, -0.2) is 46.9 Å². The smallest absolute Gasteiger partial charge is 0.236 e. The number of halogens is 2. The van der Waals surface area contributed by atoms with Gasteiger partial charge in [-0.25, -0.2) is 0 Å². The lowest BCUT2D eigenvalue weighted by atomic mass is 9.96. The summed E-state index contributed by atoms with van der Waals surface area (Å²) in [6.45, 7) is 5.16. The van der Waals surface area contributed by atoms with Crippen LogP contribution < -0.4 is 0 Å². The summed E-state index contributed by atoms with van der Waals surface area (Å²) in [7, 11) is 0. The van der Waals surface area contributed by atoms with Crippen LogP contribution in [0.25, 0.3) is 0 Å². The first kappa shape index (κ1) is 20.8. The third-order valence-corrected chi connectivity index (χ3v) is 6.70. The highest BCUT2D eigenvalue weighted by molar-refractivity contribution is 9.10. The zero-order valence-electron chi connectivity index (χ0n) is 16.8. The van der Waals surface area contributed by atoms with Crippen LogP contribution in [0, 0.1) is 0 Å². The lowest BCUT2D eigenvalue weighted by molar-refractivity contribution is -0.136. The minimum absolute atomic E-state index is 0.00499. The summed E-state index contributed by atoms with van der Waals surface area (Å²) >= 11 is 9.87. The predicted octanol–water partition coefficient (Wildman–Crippen LogP) is 5.02. The number of pyridine rings is 1. The molecular weight excluding hydrogens is 450 g/mol. The molecule has 1 aliphatic carbocycles. The molecule has 0 spiro atoms. The number of hydrogen-bond acceptors (Lipinski definition) is 3. The van der Waals surface area contributed by atoms with Crippen LogP contribution in [0.15, 0.2) is 34.9 Å². The zero-order chi connectivity index (χ0) is 20.4. The summed E-state index contributed by atoms with van der Waals surface area (Å²) in [6.07, 6.45) is 7.17. The molecule has 1 fully saturated rings. The third-order valence-electron chi connectivity index (χ3n) is 6.04. The van der Waals surface area contributed by atoms with Crippen molar-refractivity contribution < 1.29 is 4.79 Å². The van der Waals surface area contributed by atoms with E-state index in [0.29, 0.717) is 6.54 Å². The monoisotopic (exact) mass is 475 g/mol. The number of piperazine rings is 1. The SMILES string of the molecule is CCCCCN1CCN(C2c3ccc(Cl)cc3CCc3cc(Br)cnc32)CC1=O. The van der Waals surface area contributed by atoms with E-state index in [-0.39, 0.29) is 11.9 Å². The van der Waals surface area contributed by atoms with Gasteiger partial charge in [0.2, 0.25) is 5.91 Å². The Labute approximate surface area is 186 Å². The minimum atomic E-state index is -0.00499. The van der Waals surface area contributed by atoms with Crippen molar-refractivity contribution in [2.75, 3.05) is 26.2 Å². The van der Waals surface area contributed by atoms with E-state index in [1.165, 1.54) is 29.5 Å². The van der Waals surface area contributed by atoms with Gasteiger partial charge in [0, 0.05) is 35.3 Å². The van der Waals surface area contributed by atoms with Crippen molar-refractivity contribution >= 4 is 33.4 Å². The van der Waals surface area contributed by atoms with E-state index in [9.17, 15) is 4.79 Å². The van der Waals surface area contributed by atoms with Crippen molar-refractivity contribution in [2.45, 2.75) is 45.1 Å². The van der Waals surface area contributed by atoms with Gasteiger partial charge in [0.1, 0.15) is 0 Å². The molecule has 2 heterocycles. The zero-order valence-corrected chi connectivity index (χ0v) is 19.2. The molecule has 2 aromatic rings. The number of amides is 1. The van der Waals surface area contributed by atoms with E-state index in [0.717, 1.165) is 54.1 Å². The van der Waals surface area contributed by atoms with Crippen molar-refractivity contribution in [3.63, 3.8) is 0 Å². The van der Waals surface area contributed by atoms with Gasteiger partial charge < -0.3 is 4.90 Å². The standard InChI is InChI=1S/C23H27BrClN3O/c1-2-3-4-9-27-10-11-28(15-21(27)29)23-20-8-7-19(25)13-16(20)5-6-17-12-18(24)14-26-22(17)23/h7-8,12-14,23H,2-6,9-11,15H2,1H3. The number of benzene rings is 1. The van der Waals surface area contributed by atoms with Crippen molar-refractivity contribution in [3.05, 3.63) is 62.3 Å². The summed E-state index contributed by atoms with van der Waals surface area (Å²) in [5.74, 6) is 0.228. The molecule has 1 unspecified atom stereocenters. The Balaban J connectivity index is 1.65. The summed E-state index contributed by atoms with van der Waals surface area (Å²) in [4.78, 5) is 22.0. The summed E-state index contributed by atoms with van der Waals surface area (Å²) in [6, 6.07) is 8.33. The molecule has 1 aliphatic heterocycles. The third kappa shape index (κ3) is 4.52. The fraction of sp³-hybridized carbons (Fsp3) is 0.478. The summed E-state index contributed by atoms with van der Waals surface area (Å²) < 4.78 is 0.996. The molecule has 0 N–H and O–H groups in total. The summed E-state index contributed by atoms with van der Waals surface area (Å²) in [5.41, 5.74) is 4.81. The number of rotatable bonds is 5. The van der Waals surface area contributed by atoms with Gasteiger partial charge in [0.15, 0.2) is 0 Å². The first-order chi connectivity index (χ1) is 14.1. The maximum absolute atomic E-state index is 12.9. The predicted molar refractivity (Wildman–Crippen MR) is 120 cm³/mol. The molecule has 6 heteroatoms. The average molecular weight is 477 g/mol. The second-order valence-electron chi connectivity index (χ2n) is 8.00. The highest BCUT2D eigenvalue weighted by atomic mass is 79.9. The van der Waals surface area contributed by atoms with E-state index in [2.05, 4.69) is 46.0 Å². The van der Waals surface area contributed by atoms with Gasteiger partial charge >= 0.3 is 0 Å². The van der Waals surface area contributed by atoms with Gasteiger partial charge in [-0.05, 0) is 70.1 Å². The van der Waals surface area contributed by atoms with Crippen molar-refractivity contribution in [1.29, 1.82) is 0 Å². The van der Waals surface area contributed by atoms with E-state index < -0.39 is 0 Å². The average Bonchev–Trinajstić information content (AvgIpc) is 2.85. The first-order valence-corrected chi connectivity index (χ1v) is 11.7. The second-order valence-corrected chi connectivity index (χ2v) is 9.35. The molecule has 1 saturated heterocycles. The van der Waals surface area contributed by atoms with Crippen LogP contribution in [-0.2, 0) is 17.6 Å². The van der Waals surface area contributed by atoms with Crippen LogP contribution >= 0.6 is 27.5 Å². The number of aryl methyl sites for hydroxylation is 2. The van der Waals surface area contributed by atoms with E-state index in [1.807, 2.05) is 17.2 Å². The number of nitrogens with zero attached hydrogens (tertiary/aromatic N) is 3. The lowest BCUT2D eigenvalue weighted by Gasteiger charge is -2.39. The normalized spacial score (nSPS) is 19.6. The molecule has 0 saturated carbocycles. The lowest BCUT2D eigenvalue weighted by Crippen LogP contribution is -2.51. The molecule has 0 bridgehead atoms.